The molecule has 28 heavy (non-hydrogen) atoms. The van der Waals surface area contributed by atoms with Crippen molar-refractivity contribution in [3.8, 4) is 0 Å². The van der Waals surface area contributed by atoms with Crippen molar-refractivity contribution < 1.29 is 24.3 Å². The maximum absolute atomic E-state index is 12.5. The second kappa shape index (κ2) is 10.4. The fourth-order valence-electron chi connectivity index (χ4n) is 2.40. The number of amides is 3. The first-order valence-electron chi connectivity index (χ1n) is 9.25. The van der Waals surface area contributed by atoms with Crippen LogP contribution in [0.4, 0.5) is 5.69 Å². The van der Waals surface area contributed by atoms with Crippen molar-refractivity contribution in [2.75, 3.05) is 5.32 Å². The van der Waals surface area contributed by atoms with E-state index < -0.39 is 24.0 Å². The average molecular weight is 391 g/mol. The van der Waals surface area contributed by atoms with Crippen LogP contribution in [0.1, 0.15) is 51.4 Å². The van der Waals surface area contributed by atoms with E-state index in [9.17, 15) is 19.2 Å². The lowest BCUT2D eigenvalue weighted by Crippen LogP contribution is -2.47. The first kappa shape index (κ1) is 23.1. The van der Waals surface area contributed by atoms with Gasteiger partial charge < -0.3 is 21.1 Å². The summed E-state index contributed by atoms with van der Waals surface area (Å²) in [7, 11) is 0. The Morgan fingerprint density at radius 3 is 1.96 bits per heavy atom. The highest BCUT2D eigenvalue weighted by atomic mass is 16.4. The molecule has 0 fully saturated rings. The van der Waals surface area contributed by atoms with Crippen LogP contribution in [0, 0.1) is 11.8 Å². The molecule has 1 aromatic carbocycles. The third-order valence-electron chi connectivity index (χ3n) is 3.99. The lowest BCUT2D eigenvalue weighted by atomic mass is 10.0. The largest absolute Gasteiger partial charge is 0.480 e. The lowest BCUT2D eigenvalue weighted by molar-refractivity contribution is -0.138. The monoisotopic (exact) mass is 391 g/mol. The second-order valence-electron chi connectivity index (χ2n) is 7.49. The van der Waals surface area contributed by atoms with Crippen LogP contribution in [0.25, 0.3) is 0 Å². The van der Waals surface area contributed by atoms with Gasteiger partial charge in [-0.1, -0.05) is 27.7 Å². The number of hydrogen-bond donors (Lipinski definition) is 4. The first-order valence-corrected chi connectivity index (χ1v) is 9.25. The number of hydrogen-bond acceptors (Lipinski definition) is 4. The zero-order chi connectivity index (χ0) is 21.4. The summed E-state index contributed by atoms with van der Waals surface area (Å²) in [5, 5.41) is 16.7. The van der Waals surface area contributed by atoms with Crippen LogP contribution in [-0.4, -0.2) is 40.9 Å². The fraction of sp³-hybridized carbons (Fsp3) is 0.500. The Hall–Kier alpha value is -2.90. The van der Waals surface area contributed by atoms with E-state index in [2.05, 4.69) is 16.0 Å². The minimum atomic E-state index is -1.13. The number of carboxylic acids is 1. The molecule has 2 atom stereocenters. The van der Waals surface area contributed by atoms with E-state index >= 15 is 0 Å². The van der Waals surface area contributed by atoms with Crippen LogP contribution in [0.15, 0.2) is 24.3 Å². The van der Waals surface area contributed by atoms with Gasteiger partial charge >= 0.3 is 5.97 Å². The van der Waals surface area contributed by atoms with Gasteiger partial charge in [-0.2, -0.15) is 0 Å². The Morgan fingerprint density at radius 2 is 1.50 bits per heavy atom. The summed E-state index contributed by atoms with van der Waals surface area (Å²) in [6, 6.07) is 4.39. The molecular weight excluding hydrogens is 362 g/mol. The Bertz CT molecular complexity index is 713. The first-order chi connectivity index (χ1) is 13.0. The third-order valence-corrected chi connectivity index (χ3v) is 3.99. The van der Waals surface area contributed by atoms with Crippen LogP contribution >= 0.6 is 0 Å². The van der Waals surface area contributed by atoms with E-state index in [-0.39, 0.29) is 29.2 Å². The number of carbonyl (C=O) groups excluding carboxylic acids is 3. The van der Waals surface area contributed by atoms with Crippen molar-refractivity contribution in [1.82, 2.24) is 10.6 Å². The van der Waals surface area contributed by atoms with E-state index in [4.69, 9.17) is 5.11 Å². The van der Waals surface area contributed by atoms with Crippen LogP contribution in [-0.2, 0) is 14.4 Å². The minimum absolute atomic E-state index is 0.0985. The van der Waals surface area contributed by atoms with Gasteiger partial charge in [-0.05, 0) is 43.0 Å². The Kier molecular flexibility index (Phi) is 8.63. The van der Waals surface area contributed by atoms with Gasteiger partial charge in [-0.3, -0.25) is 19.2 Å². The summed E-state index contributed by atoms with van der Waals surface area (Å²) < 4.78 is 0. The Balaban J connectivity index is 2.75. The SMILES string of the molecule is CC(C)CC(=O)NC(C(=O)Nc1ccc(C(=O)NC(C)C(=O)O)cc1)C(C)C. The molecule has 0 spiro atoms. The fourth-order valence-corrected chi connectivity index (χ4v) is 2.40. The molecule has 0 aliphatic rings. The summed E-state index contributed by atoms with van der Waals surface area (Å²) in [5.74, 6) is -2.07. The topological polar surface area (TPSA) is 125 Å². The van der Waals surface area contributed by atoms with Gasteiger partial charge in [0.15, 0.2) is 0 Å². The molecule has 0 aromatic heterocycles. The van der Waals surface area contributed by atoms with E-state index in [0.29, 0.717) is 12.1 Å². The summed E-state index contributed by atoms with van der Waals surface area (Å²) >= 11 is 0. The number of anilines is 1. The third kappa shape index (κ3) is 7.38. The molecule has 0 aliphatic heterocycles. The molecule has 0 aliphatic carbocycles. The molecular formula is C20H29N3O5. The number of nitrogens with one attached hydrogen (secondary N) is 3. The van der Waals surface area contributed by atoms with Gasteiger partial charge in [0.05, 0.1) is 0 Å². The number of carbonyl (C=O) groups is 4. The van der Waals surface area contributed by atoms with E-state index in [1.807, 2.05) is 27.7 Å². The van der Waals surface area contributed by atoms with E-state index in [0.717, 1.165) is 0 Å². The highest BCUT2D eigenvalue weighted by Gasteiger charge is 2.24. The molecule has 1 aromatic rings. The second-order valence-corrected chi connectivity index (χ2v) is 7.49. The van der Waals surface area contributed by atoms with Crippen molar-refractivity contribution in [2.24, 2.45) is 11.8 Å². The Labute approximate surface area is 165 Å². The number of carboxylic acid groups (broad SMARTS) is 1. The predicted octanol–water partition coefficient (Wildman–Crippen LogP) is 2.01. The number of benzene rings is 1. The molecule has 1 rings (SSSR count). The van der Waals surface area contributed by atoms with Crippen molar-refractivity contribution >= 4 is 29.4 Å². The average Bonchev–Trinajstić information content (AvgIpc) is 2.59. The number of rotatable bonds is 9. The predicted molar refractivity (Wildman–Crippen MR) is 106 cm³/mol. The maximum Gasteiger partial charge on any atom is 0.325 e. The zero-order valence-electron chi connectivity index (χ0n) is 16.9. The molecule has 8 nitrogen and oxygen atoms in total. The molecule has 0 radical (unpaired) electrons. The van der Waals surface area contributed by atoms with Gasteiger partial charge in [0, 0.05) is 17.7 Å². The van der Waals surface area contributed by atoms with Crippen molar-refractivity contribution in [2.45, 2.75) is 53.1 Å². The quantitative estimate of drug-likeness (QED) is 0.512. The summed E-state index contributed by atoms with van der Waals surface area (Å²) in [6.07, 6.45) is 0.342. The maximum atomic E-state index is 12.5. The van der Waals surface area contributed by atoms with Crippen molar-refractivity contribution in [3.05, 3.63) is 29.8 Å². The van der Waals surface area contributed by atoms with Crippen LogP contribution < -0.4 is 16.0 Å². The van der Waals surface area contributed by atoms with Crippen molar-refractivity contribution in [1.29, 1.82) is 0 Å². The summed E-state index contributed by atoms with van der Waals surface area (Å²) in [5.41, 5.74) is 0.744. The molecule has 0 saturated carbocycles. The standard InChI is InChI=1S/C20H29N3O5/c1-11(2)10-16(24)23-17(12(3)4)19(26)22-15-8-6-14(7-9-15)18(25)21-13(5)20(27)28/h6-9,11-13,17H,10H2,1-5H3,(H,21,25)(H,22,26)(H,23,24)(H,27,28). The molecule has 154 valence electrons. The zero-order valence-corrected chi connectivity index (χ0v) is 16.9. The molecule has 3 amide bonds. The van der Waals surface area contributed by atoms with Gasteiger partial charge in [0.25, 0.3) is 5.91 Å². The molecule has 0 bridgehead atoms. The smallest absolute Gasteiger partial charge is 0.325 e. The van der Waals surface area contributed by atoms with E-state index in [1.54, 1.807) is 12.1 Å². The number of aliphatic carboxylic acids is 1. The van der Waals surface area contributed by atoms with E-state index in [1.165, 1.54) is 19.1 Å². The minimum Gasteiger partial charge on any atom is -0.480 e. The van der Waals surface area contributed by atoms with Crippen LogP contribution in [0.2, 0.25) is 0 Å². The van der Waals surface area contributed by atoms with Gasteiger partial charge in [-0.25, -0.2) is 0 Å². The van der Waals surface area contributed by atoms with Crippen molar-refractivity contribution in [3.63, 3.8) is 0 Å². The molecule has 0 saturated heterocycles. The molecule has 4 N–H and O–H groups in total. The Morgan fingerprint density at radius 1 is 0.929 bits per heavy atom. The summed E-state index contributed by atoms with van der Waals surface area (Å²) in [6.45, 7) is 8.92. The highest BCUT2D eigenvalue weighted by molar-refractivity contribution is 5.99. The van der Waals surface area contributed by atoms with Gasteiger partial charge in [0.2, 0.25) is 11.8 Å². The summed E-state index contributed by atoms with van der Waals surface area (Å²) in [4.78, 5) is 47.3. The highest BCUT2D eigenvalue weighted by Crippen LogP contribution is 2.13. The van der Waals surface area contributed by atoms with Gasteiger partial charge in [0.1, 0.15) is 12.1 Å². The molecule has 2 unspecified atom stereocenters. The van der Waals surface area contributed by atoms with Crippen LogP contribution in [0.5, 0.6) is 0 Å². The lowest BCUT2D eigenvalue weighted by Gasteiger charge is -2.22. The normalized spacial score (nSPS) is 13.0. The molecule has 0 heterocycles. The molecule has 8 heteroatoms. The van der Waals surface area contributed by atoms with Gasteiger partial charge in [-0.15, -0.1) is 0 Å². The van der Waals surface area contributed by atoms with Crippen LogP contribution in [0.3, 0.4) is 0 Å².